The lowest BCUT2D eigenvalue weighted by atomic mass is 10.1. The van der Waals surface area contributed by atoms with Gasteiger partial charge in [0.2, 0.25) is 5.91 Å². The zero-order chi connectivity index (χ0) is 32.5. The molecular weight excluding hydrogens is 600 g/mol. The summed E-state index contributed by atoms with van der Waals surface area (Å²) in [7, 11) is 0. The Morgan fingerprint density at radius 2 is 1.52 bits per heavy atom. The smallest absolute Gasteiger partial charge is 0.276 e. The molecule has 10 heteroatoms. The number of amides is 3. The molecule has 0 aliphatic rings. The summed E-state index contributed by atoms with van der Waals surface area (Å²) in [5, 5.41) is 21.6. The molecule has 5 aromatic carbocycles. The van der Waals surface area contributed by atoms with Crippen molar-refractivity contribution in [1.29, 1.82) is 0 Å². The minimum Gasteiger partial charge on any atom is -0.325 e. The van der Waals surface area contributed by atoms with Crippen LogP contribution in [0.3, 0.4) is 0 Å². The Morgan fingerprint density at radius 1 is 0.826 bits per heavy atom. The minimum atomic E-state index is -0.676. The van der Waals surface area contributed by atoms with Crippen molar-refractivity contribution < 1.29 is 19.3 Å². The molecule has 0 saturated carbocycles. The number of nitro groups is 1. The van der Waals surface area contributed by atoms with E-state index >= 15 is 0 Å². The average Bonchev–Trinajstić information content (AvgIpc) is 3.07. The van der Waals surface area contributed by atoms with E-state index in [1.54, 1.807) is 54.6 Å². The van der Waals surface area contributed by atoms with Crippen LogP contribution in [-0.4, -0.2) is 27.9 Å². The Labute approximate surface area is 269 Å². The molecule has 3 N–H and O–H groups in total. The second-order valence-electron chi connectivity index (χ2n) is 10.2. The molecule has 46 heavy (non-hydrogen) atoms. The number of thioether (sulfide) groups is 1. The van der Waals surface area contributed by atoms with E-state index in [4.69, 9.17) is 0 Å². The molecular formula is C36H30N4O5S. The first-order valence-electron chi connectivity index (χ1n) is 14.5. The van der Waals surface area contributed by atoms with Crippen LogP contribution in [0.5, 0.6) is 0 Å². The lowest BCUT2D eigenvalue weighted by Crippen LogP contribution is -2.30. The van der Waals surface area contributed by atoms with Crippen LogP contribution >= 0.6 is 11.8 Å². The third-order valence-corrected chi connectivity index (χ3v) is 8.40. The number of nitro benzene ring substituents is 1. The van der Waals surface area contributed by atoms with Crippen molar-refractivity contribution in [2.75, 3.05) is 10.6 Å². The lowest BCUT2D eigenvalue weighted by molar-refractivity contribution is -0.385. The van der Waals surface area contributed by atoms with Crippen LogP contribution < -0.4 is 16.0 Å². The van der Waals surface area contributed by atoms with E-state index in [1.165, 1.54) is 36.0 Å². The van der Waals surface area contributed by atoms with Crippen molar-refractivity contribution >= 4 is 63.4 Å². The molecule has 3 amide bonds. The highest BCUT2D eigenvalue weighted by atomic mass is 32.2. The summed E-state index contributed by atoms with van der Waals surface area (Å²) < 4.78 is 0. The Kier molecular flexibility index (Phi) is 10.2. The molecule has 0 bridgehead atoms. The van der Waals surface area contributed by atoms with Crippen LogP contribution in [-0.2, 0) is 9.59 Å². The second-order valence-corrected chi connectivity index (χ2v) is 11.5. The highest BCUT2D eigenvalue weighted by molar-refractivity contribution is 8.00. The molecule has 9 nitrogen and oxygen atoms in total. The topological polar surface area (TPSA) is 130 Å². The predicted molar refractivity (Wildman–Crippen MR) is 183 cm³/mol. The van der Waals surface area contributed by atoms with Gasteiger partial charge in [-0.15, -0.1) is 11.8 Å². The molecule has 0 saturated heterocycles. The van der Waals surface area contributed by atoms with Crippen LogP contribution in [0.4, 0.5) is 17.1 Å². The average molecular weight is 631 g/mol. The number of nitrogens with zero attached hydrogens (tertiary/aromatic N) is 1. The van der Waals surface area contributed by atoms with Crippen LogP contribution in [0.2, 0.25) is 0 Å². The van der Waals surface area contributed by atoms with Gasteiger partial charge in [-0.3, -0.25) is 24.5 Å². The number of hydrogen-bond donors (Lipinski definition) is 3. The molecule has 5 aromatic rings. The first-order valence-corrected chi connectivity index (χ1v) is 15.4. The zero-order valence-corrected chi connectivity index (χ0v) is 25.6. The molecule has 0 spiro atoms. The van der Waals surface area contributed by atoms with Gasteiger partial charge in [0, 0.05) is 33.3 Å². The third kappa shape index (κ3) is 7.85. The normalized spacial score (nSPS) is 11.8. The molecule has 0 fully saturated rings. The van der Waals surface area contributed by atoms with Crippen molar-refractivity contribution in [3.05, 3.63) is 148 Å². The van der Waals surface area contributed by atoms with Gasteiger partial charge in [0.1, 0.15) is 5.70 Å². The molecule has 230 valence electrons. The van der Waals surface area contributed by atoms with Gasteiger partial charge in [-0.2, -0.15) is 0 Å². The maximum Gasteiger partial charge on any atom is 0.276 e. The van der Waals surface area contributed by atoms with E-state index in [0.717, 1.165) is 21.4 Å². The van der Waals surface area contributed by atoms with Gasteiger partial charge in [0.05, 0.1) is 15.7 Å². The van der Waals surface area contributed by atoms with Gasteiger partial charge < -0.3 is 16.0 Å². The molecule has 0 heterocycles. The number of hydrogen-bond acceptors (Lipinski definition) is 6. The molecule has 0 aliphatic carbocycles. The van der Waals surface area contributed by atoms with Crippen LogP contribution in [0.25, 0.3) is 16.8 Å². The molecule has 0 radical (unpaired) electrons. The van der Waals surface area contributed by atoms with Crippen molar-refractivity contribution in [1.82, 2.24) is 5.32 Å². The first kappa shape index (κ1) is 31.7. The number of anilines is 2. The van der Waals surface area contributed by atoms with Gasteiger partial charge in [-0.25, -0.2) is 0 Å². The van der Waals surface area contributed by atoms with Gasteiger partial charge in [-0.05, 0) is 60.3 Å². The van der Waals surface area contributed by atoms with Crippen LogP contribution in [0, 0.1) is 10.1 Å². The Morgan fingerprint density at radius 3 is 2.30 bits per heavy atom. The lowest BCUT2D eigenvalue weighted by Gasteiger charge is -2.17. The van der Waals surface area contributed by atoms with E-state index in [1.807, 2.05) is 55.5 Å². The minimum absolute atomic E-state index is 0.142. The van der Waals surface area contributed by atoms with Crippen molar-refractivity contribution in [3.8, 4) is 0 Å². The van der Waals surface area contributed by atoms with E-state index < -0.39 is 22.0 Å². The van der Waals surface area contributed by atoms with Crippen molar-refractivity contribution in [2.24, 2.45) is 0 Å². The Bertz CT molecular complexity index is 1940. The van der Waals surface area contributed by atoms with Gasteiger partial charge in [-0.1, -0.05) is 79.7 Å². The maximum atomic E-state index is 13.5. The SMILES string of the molecule is CCC(Sc1cccc(NC(=O)/C(=C\c2ccccc2[N+](=O)[O-])NC(=O)c2ccccc2)c1)C(=O)Nc1cccc2ccccc12. The Hall–Kier alpha value is -5.74. The monoisotopic (exact) mass is 630 g/mol. The fourth-order valence-corrected chi connectivity index (χ4v) is 5.77. The van der Waals surface area contributed by atoms with Gasteiger partial charge in [0.15, 0.2) is 0 Å². The fraction of sp³-hybridized carbons (Fsp3) is 0.0833. The van der Waals surface area contributed by atoms with E-state index in [2.05, 4.69) is 16.0 Å². The fourth-order valence-electron chi connectivity index (χ4n) is 4.75. The van der Waals surface area contributed by atoms with Crippen molar-refractivity contribution in [2.45, 2.75) is 23.5 Å². The zero-order valence-electron chi connectivity index (χ0n) is 24.8. The summed E-state index contributed by atoms with van der Waals surface area (Å²) in [5.41, 5.74) is 1.22. The van der Waals surface area contributed by atoms with E-state index in [-0.39, 0.29) is 22.9 Å². The predicted octanol–water partition coefficient (Wildman–Crippen LogP) is 7.67. The summed E-state index contributed by atoms with van der Waals surface area (Å²) in [4.78, 5) is 51.7. The summed E-state index contributed by atoms with van der Waals surface area (Å²) in [6.45, 7) is 1.93. The number of carbonyl (C=O) groups is 3. The number of benzene rings is 5. The molecule has 1 atom stereocenters. The van der Waals surface area contributed by atoms with Gasteiger partial charge in [0.25, 0.3) is 17.5 Å². The Balaban J connectivity index is 1.35. The molecule has 5 rings (SSSR count). The quantitative estimate of drug-likeness (QED) is 0.0594. The summed E-state index contributed by atoms with van der Waals surface area (Å²) in [6, 6.07) is 34.9. The van der Waals surface area contributed by atoms with Crippen LogP contribution in [0.1, 0.15) is 29.3 Å². The number of carbonyl (C=O) groups excluding carboxylic acids is 3. The number of nitrogens with one attached hydrogen (secondary N) is 3. The van der Waals surface area contributed by atoms with Gasteiger partial charge >= 0.3 is 0 Å². The van der Waals surface area contributed by atoms with E-state index in [0.29, 0.717) is 17.7 Å². The largest absolute Gasteiger partial charge is 0.325 e. The second kappa shape index (κ2) is 14.8. The summed E-state index contributed by atoms with van der Waals surface area (Å²) in [6.07, 6.45) is 1.84. The molecule has 1 unspecified atom stereocenters. The standard InChI is InChI=1S/C36H30N4O5S/c1-2-33(36(43)38-30-20-10-16-24-12-6-8-19-29(24)30)46-28-18-11-17-27(23-28)37-35(42)31(39-34(41)25-13-4-3-5-14-25)22-26-15-7-9-21-32(26)40(44)45/h3-23,33H,2H2,1H3,(H,37,42)(H,38,43)(H,39,41)/b31-22+. The maximum absolute atomic E-state index is 13.5. The van der Waals surface area contributed by atoms with E-state index in [9.17, 15) is 24.5 Å². The first-order chi connectivity index (χ1) is 22.3. The number of rotatable bonds is 11. The highest BCUT2D eigenvalue weighted by Crippen LogP contribution is 2.30. The van der Waals surface area contributed by atoms with Crippen LogP contribution in [0.15, 0.2) is 132 Å². The summed E-state index contributed by atoms with van der Waals surface area (Å²) >= 11 is 1.36. The third-order valence-electron chi connectivity index (χ3n) is 7.04. The summed E-state index contributed by atoms with van der Waals surface area (Å²) in [5.74, 6) is -1.37. The number of fused-ring (bicyclic) bond motifs is 1. The van der Waals surface area contributed by atoms with Crippen molar-refractivity contribution in [3.63, 3.8) is 0 Å². The highest BCUT2D eigenvalue weighted by Gasteiger charge is 2.21. The molecule has 0 aliphatic heterocycles. The number of para-hydroxylation sites is 1. The molecule has 0 aromatic heterocycles.